The fraction of sp³-hybridized carbons (Fsp3) is 0.417. The number of hydrogen-bond acceptors (Lipinski definition) is 6. The minimum atomic E-state index is -0.267. The van der Waals surface area contributed by atoms with E-state index in [2.05, 4.69) is 46.1 Å². The van der Waals surface area contributed by atoms with Crippen molar-refractivity contribution in [3.8, 4) is 11.1 Å². The maximum absolute atomic E-state index is 15.3. The highest BCUT2D eigenvalue weighted by Gasteiger charge is 2.26. The Morgan fingerprint density at radius 1 is 1.26 bits per heavy atom. The summed E-state index contributed by atoms with van der Waals surface area (Å²) < 4.78 is 15.3. The SMILES string of the molecule is C[C@H]1CCc2c(-c3ccc(NCCCN(C)C)nc3)c(F)cc3ncc(N)c(c23)N1C. The van der Waals surface area contributed by atoms with Crippen molar-refractivity contribution < 1.29 is 4.39 Å². The molecule has 0 amide bonds. The van der Waals surface area contributed by atoms with E-state index in [9.17, 15) is 0 Å². The lowest BCUT2D eigenvalue weighted by molar-refractivity contribution is 0.405. The number of aromatic nitrogens is 2. The predicted molar refractivity (Wildman–Crippen MR) is 127 cm³/mol. The summed E-state index contributed by atoms with van der Waals surface area (Å²) in [4.78, 5) is 13.3. The van der Waals surface area contributed by atoms with E-state index in [0.717, 1.165) is 60.4 Å². The van der Waals surface area contributed by atoms with Crippen LogP contribution in [-0.2, 0) is 6.42 Å². The molecule has 164 valence electrons. The Hall–Kier alpha value is -2.93. The molecule has 1 atom stereocenters. The second kappa shape index (κ2) is 8.67. The van der Waals surface area contributed by atoms with E-state index in [4.69, 9.17) is 5.73 Å². The largest absolute Gasteiger partial charge is 0.396 e. The van der Waals surface area contributed by atoms with E-state index in [1.807, 2.05) is 19.2 Å². The van der Waals surface area contributed by atoms with Gasteiger partial charge in [0.25, 0.3) is 0 Å². The van der Waals surface area contributed by atoms with Gasteiger partial charge in [-0.25, -0.2) is 9.37 Å². The highest BCUT2D eigenvalue weighted by Crippen LogP contribution is 2.42. The van der Waals surface area contributed by atoms with Crippen LogP contribution in [0.25, 0.3) is 22.0 Å². The summed E-state index contributed by atoms with van der Waals surface area (Å²) in [5.74, 6) is 0.533. The Bertz CT molecular complexity index is 1080. The molecule has 0 spiro atoms. The van der Waals surface area contributed by atoms with Crippen molar-refractivity contribution in [2.75, 3.05) is 50.2 Å². The summed E-state index contributed by atoms with van der Waals surface area (Å²) in [5.41, 5.74) is 10.9. The van der Waals surface area contributed by atoms with Crippen molar-refractivity contribution in [1.29, 1.82) is 0 Å². The number of aryl methyl sites for hydroxylation is 1. The van der Waals surface area contributed by atoms with Crippen molar-refractivity contribution in [3.05, 3.63) is 42.0 Å². The molecule has 7 heteroatoms. The van der Waals surface area contributed by atoms with Crippen LogP contribution in [0.4, 0.5) is 21.6 Å². The molecule has 6 nitrogen and oxygen atoms in total. The first-order valence-electron chi connectivity index (χ1n) is 10.8. The molecule has 0 fully saturated rings. The molecule has 0 radical (unpaired) electrons. The van der Waals surface area contributed by atoms with E-state index < -0.39 is 0 Å². The normalized spacial score (nSPS) is 16.1. The van der Waals surface area contributed by atoms with Gasteiger partial charge in [0.1, 0.15) is 11.6 Å². The zero-order valence-electron chi connectivity index (χ0n) is 18.7. The third-order valence-electron chi connectivity index (χ3n) is 6.18. The minimum Gasteiger partial charge on any atom is -0.396 e. The molecule has 0 saturated carbocycles. The number of nitrogens with one attached hydrogen (secondary N) is 1. The molecule has 2 aromatic heterocycles. The lowest BCUT2D eigenvalue weighted by Crippen LogP contribution is -2.28. The van der Waals surface area contributed by atoms with Crippen LogP contribution in [0.2, 0.25) is 0 Å². The monoisotopic (exact) mass is 422 g/mol. The quantitative estimate of drug-likeness (QED) is 0.582. The zero-order chi connectivity index (χ0) is 22.1. The van der Waals surface area contributed by atoms with Gasteiger partial charge in [0.15, 0.2) is 0 Å². The molecular weight excluding hydrogens is 391 g/mol. The van der Waals surface area contributed by atoms with Crippen LogP contribution >= 0.6 is 0 Å². The first-order valence-corrected chi connectivity index (χ1v) is 10.8. The molecule has 1 aromatic carbocycles. The number of halogens is 1. The molecule has 3 aromatic rings. The Balaban J connectivity index is 1.73. The van der Waals surface area contributed by atoms with Crippen molar-refractivity contribution in [3.63, 3.8) is 0 Å². The Morgan fingerprint density at radius 3 is 2.77 bits per heavy atom. The molecule has 0 saturated heterocycles. The van der Waals surface area contributed by atoms with E-state index in [1.54, 1.807) is 12.4 Å². The highest BCUT2D eigenvalue weighted by atomic mass is 19.1. The number of hydrogen-bond donors (Lipinski definition) is 2. The third kappa shape index (κ3) is 4.14. The maximum Gasteiger partial charge on any atom is 0.133 e. The minimum absolute atomic E-state index is 0.267. The standard InChI is InChI=1S/C24H31FN6/c1-15-6-8-17-22(16-7-9-21(29-13-16)27-10-5-11-30(2)3)18(25)12-20-23(17)24(31(15)4)19(26)14-28-20/h7,9,12-15H,5-6,8,10-11,26H2,1-4H3,(H,27,29)/t15-/m0/s1. The number of benzene rings is 1. The summed E-state index contributed by atoms with van der Waals surface area (Å²) in [7, 11) is 6.17. The summed E-state index contributed by atoms with van der Waals surface area (Å²) in [6, 6.07) is 5.68. The molecule has 3 heterocycles. The number of pyridine rings is 2. The van der Waals surface area contributed by atoms with E-state index in [1.165, 1.54) is 6.07 Å². The molecular formula is C24H31FN6. The topological polar surface area (TPSA) is 70.3 Å². The fourth-order valence-corrected chi connectivity index (χ4v) is 4.37. The number of anilines is 3. The van der Waals surface area contributed by atoms with E-state index in [0.29, 0.717) is 22.8 Å². The van der Waals surface area contributed by atoms with Crippen molar-refractivity contribution in [2.24, 2.45) is 0 Å². The summed E-state index contributed by atoms with van der Waals surface area (Å²) in [6.07, 6.45) is 6.09. The number of nitrogens with zero attached hydrogens (tertiary/aromatic N) is 4. The van der Waals surface area contributed by atoms with Gasteiger partial charge in [0.2, 0.25) is 0 Å². The number of nitrogen functional groups attached to an aromatic ring is 1. The average Bonchev–Trinajstić information content (AvgIpc) is 2.87. The molecule has 1 aliphatic rings. The third-order valence-corrected chi connectivity index (χ3v) is 6.18. The van der Waals surface area contributed by atoms with E-state index in [-0.39, 0.29) is 5.82 Å². The summed E-state index contributed by atoms with van der Waals surface area (Å²) in [5, 5.41) is 4.29. The lowest BCUT2D eigenvalue weighted by Gasteiger charge is -2.27. The van der Waals surface area contributed by atoms with Gasteiger partial charge >= 0.3 is 0 Å². The molecule has 4 rings (SSSR count). The van der Waals surface area contributed by atoms with Gasteiger partial charge in [0.05, 0.1) is 23.1 Å². The van der Waals surface area contributed by atoms with Crippen LogP contribution in [0.3, 0.4) is 0 Å². The predicted octanol–water partition coefficient (Wildman–Crippen LogP) is 4.15. The first kappa shape index (κ1) is 21.3. The van der Waals surface area contributed by atoms with Gasteiger partial charge in [-0.05, 0) is 64.5 Å². The Labute approximate surface area is 183 Å². The molecule has 0 bridgehead atoms. The molecule has 31 heavy (non-hydrogen) atoms. The van der Waals surface area contributed by atoms with Gasteiger partial charge in [-0.1, -0.05) is 0 Å². The number of rotatable bonds is 6. The van der Waals surface area contributed by atoms with Crippen LogP contribution in [-0.4, -0.2) is 55.1 Å². The zero-order valence-corrected chi connectivity index (χ0v) is 18.7. The van der Waals surface area contributed by atoms with Crippen molar-refractivity contribution in [1.82, 2.24) is 14.9 Å². The average molecular weight is 423 g/mol. The molecule has 0 unspecified atom stereocenters. The van der Waals surface area contributed by atoms with Crippen molar-refractivity contribution >= 4 is 28.1 Å². The summed E-state index contributed by atoms with van der Waals surface area (Å²) >= 11 is 0. The van der Waals surface area contributed by atoms with Crippen LogP contribution in [0.15, 0.2) is 30.6 Å². The van der Waals surface area contributed by atoms with Crippen LogP contribution < -0.4 is 16.0 Å². The van der Waals surface area contributed by atoms with Gasteiger partial charge in [-0.3, -0.25) is 4.98 Å². The van der Waals surface area contributed by atoms with Gasteiger partial charge in [-0.2, -0.15) is 0 Å². The molecule has 0 aliphatic carbocycles. The Kier molecular flexibility index (Phi) is 5.96. The van der Waals surface area contributed by atoms with Gasteiger partial charge < -0.3 is 20.9 Å². The van der Waals surface area contributed by atoms with E-state index >= 15 is 4.39 Å². The molecule has 3 N–H and O–H groups in total. The number of nitrogens with two attached hydrogens (primary N) is 1. The second-order valence-electron chi connectivity index (χ2n) is 8.68. The fourth-order valence-electron chi connectivity index (χ4n) is 4.37. The van der Waals surface area contributed by atoms with Crippen LogP contribution in [0.5, 0.6) is 0 Å². The van der Waals surface area contributed by atoms with Gasteiger partial charge in [0, 0.05) is 48.4 Å². The van der Waals surface area contributed by atoms with Crippen LogP contribution in [0, 0.1) is 5.82 Å². The second-order valence-corrected chi connectivity index (χ2v) is 8.68. The smallest absolute Gasteiger partial charge is 0.133 e. The summed E-state index contributed by atoms with van der Waals surface area (Å²) in [6.45, 7) is 4.04. The lowest BCUT2D eigenvalue weighted by atomic mass is 9.92. The highest BCUT2D eigenvalue weighted by molar-refractivity contribution is 6.03. The molecule has 1 aliphatic heterocycles. The maximum atomic E-state index is 15.3. The van der Waals surface area contributed by atoms with Crippen LogP contribution in [0.1, 0.15) is 25.3 Å². The Morgan fingerprint density at radius 2 is 2.06 bits per heavy atom. The first-order chi connectivity index (χ1) is 14.9. The van der Waals surface area contributed by atoms with Crippen molar-refractivity contribution in [2.45, 2.75) is 32.2 Å². The van der Waals surface area contributed by atoms with Gasteiger partial charge in [-0.15, -0.1) is 0 Å².